The minimum absolute atomic E-state index is 0.115. The molecule has 0 radical (unpaired) electrons. The first-order valence-corrected chi connectivity index (χ1v) is 9.83. The molecule has 0 saturated carbocycles. The summed E-state index contributed by atoms with van der Waals surface area (Å²) in [7, 11) is 6.41. The molecule has 0 saturated heterocycles. The van der Waals surface area contributed by atoms with Gasteiger partial charge in [0.25, 0.3) is 11.8 Å². The third-order valence-electron chi connectivity index (χ3n) is 4.75. The topological polar surface area (TPSA) is 94.5 Å². The Labute approximate surface area is 186 Å². The molecule has 0 bridgehead atoms. The third-order valence-corrected chi connectivity index (χ3v) is 4.75. The second-order valence-corrected chi connectivity index (χ2v) is 6.71. The molecule has 0 unspecified atom stereocenters. The maximum Gasteiger partial charge on any atom is 0.270 e. The molecule has 0 atom stereocenters. The van der Waals surface area contributed by atoms with Gasteiger partial charge in [0.1, 0.15) is 17.2 Å². The molecule has 1 heterocycles. The van der Waals surface area contributed by atoms with Crippen LogP contribution in [0.3, 0.4) is 0 Å². The molecule has 32 heavy (non-hydrogen) atoms. The molecule has 2 N–H and O–H groups in total. The summed E-state index contributed by atoms with van der Waals surface area (Å²) in [5, 5.41) is 9.79. The molecule has 3 aromatic rings. The monoisotopic (exact) mass is 432 g/mol. The van der Waals surface area contributed by atoms with Crippen LogP contribution in [0.25, 0.3) is 11.3 Å². The van der Waals surface area contributed by atoms with Gasteiger partial charge in [-0.15, -0.1) is 0 Å². The molecular weight excluding hydrogens is 408 g/mol. The fourth-order valence-corrected chi connectivity index (χ4v) is 3.10. The fraction of sp³-hybridized carbons (Fsp3) is 0.208. The third kappa shape index (κ3) is 4.90. The van der Waals surface area contributed by atoms with E-state index in [4.69, 9.17) is 9.47 Å². The molecule has 164 valence electrons. The first-order valence-electron chi connectivity index (χ1n) is 9.83. The SMILES string of the molecule is CNC(=O)c1ccccc1C#CCNC(=O)c1cc(-c2cc(OC)ccc2OC)nn1C. The van der Waals surface area contributed by atoms with Crippen LogP contribution in [0, 0.1) is 11.8 Å². The van der Waals surface area contributed by atoms with Gasteiger partial charge >= 0.3 is 0 Å². The normalized spacial score (nSPS) is 10.0. The van der Waals surface area contributed by atoms with Crippen molar-refractivity contribution in [2.75, 3.05) is 27.8 Å². The molecule has 8 nitrogen and oxygen atoms in total. The van der Waals surface area contributed by atoms with E-state index in [0.29, 0.717) is 39.6 Å². The van der Waals surface area contributed by atoms with E-state index in [9.17, 15) is 9.59 Å². The Balaban J connectivity index is 1.75. The van der Waals surface area contributed by atoms with E-state index >= 15 is 0 Å². The lowest BCUT2D eigenvalue weighted by Gasteiger charge is -2.08. The van der Waals surface area contributed by atoms with E-state index < -0.39 is 0 Å². The van der Waals surface area contributed by atoms with Gasteiger partial charge < -0.3 is 20.1 Å². The number of aryl methyl sites for hydroxylation is 1. The van der Waals surface area contributed by atoms with Crippen molar-refractivity contribution < 1.29 is 19.1 Å². The number of hydrogen-bond acceptors (Lipinski definition) is 5. The molecule has 3 rings (SSSR count). The van der Waals surface area contributed by atoms with Gasteiger partial charge in [0.05, 0.1) is 32.0 Å². The summed E-state index contributed by atoms with van der Waals surface area (Å²) in [6.07, 6.45) is 0. The minimum Gasteiger partial charge on any atom is -0.497 e. The van der Waals surface area contributed by atoms with Gasteiger partial charge in [-0.2, -0.15) is 5.10 Å². The molecule has 0 spiro atoms. The van der Waals surface area contributed by atoms with Gasteiger partial charge in [-0.05, 0) is 36.4 Å². The standard InChI is InChI=1S/C24H24N4O4/c1-25-23(29)18-10-6-5-8-16(18)9-7-13-26-24(30)21-15-20(27-28(21)2)19-14-17(31-3)11-12-22(19)32-4/h5-6,8,10-12,14-15H,13H2,1-4H3,(H,25,29)(H,26,30). The van der Waals surface area contributed by atoms with Crippen LogP contribution in [-0.4, -0.2) is 49.4 Å². The summed E-state index contributed by atoms with van der Waals surface area (Å²) >= 11 is 0. The molecular formula is C24H24N4O4. The molecule has 1 aromatic heterocycles. The van der Waals surface area contributed by atoms with Gasteiger partial charge in [0, 0.05) is 25.2 Å². The number of benzene rings is 2. The summed E-state index contributed by atoms with van der Waals surface area (Å²) in [6, 6.07) is 14.1. The maximum atomic E-state index is 12.7. The molecule has 0 aliphatic carbocycles. The first kappa shape index (κ1) is 22.4. The molecule has 0 aliphatic rings. The Morgan fingerprint density at radius 3 is 2.56 bits per heavy atom. The number of nitrogens with zero attached hydrogens (tertiary/aromatic N) is 2. The van der Waals surface area contributed by atoms with E-state index in [2.05, 4.69) is 27.6 Å². The molecule has 8 heteroatoms. The Kier molecular flexibility index (Phi) is 7.13. The number of carbonyl (C=O) groups is 2. The lowest BCUT2D eigenvalue weighted by molar-refractivity contribution is 0.0945. The largest absolute Gasteiger partial charge is 0.497 e. The van der Waals surface area contributed by atoms with Crippen LogP contribution in [0.4, 0.5) is 0 Å². The summed E-state index contributed by atoms with van der Waals surface area (Å²) in [6.45, 7) is 0.115. The number of methoxy groups -OCH3 is 2. The zero-order valence-corrected chi connectivity index (χ0v) is 18.4. The number of hydrogen-bond donors (Lipinski definition) is 2. The van der Waals surface area contributed by atoms with Crippen LogP contribution < -0.4 is 20.1 Å². The van der Waals surface area contributed by atoms with Gasteiger partial charge in [0.15, 0.2) is 0 Å². The summed E-state index contributed by atoms with van der Waals surface area (Å²) < 4.78 is 12.2. The first-order chi connectivity index (χ1) is 15.5. The number of rotatable bonds is 6. The van der Waals surface area contributed by atoms with Crippen molar-refractivity contribution in [1.82, 2.24) is 20.4 Å². The van der Waals surface area contributed by atoms with E-state index in [-0.39, 0.29) is 18.4 Å². The highest BCUT2D eigenvalue weighted by Gasteiger charge is 2.17. The number of ether oxygens (including phenoxy) is 2. The van der Waals surface area contributed by atoms with Crippen LogP contribution in [0.5, 0.6) is 11.5 Å². The van der Waals surface area contributed by atoms with E-state index in [1.54, 1.807) is 76.8 Å². The smallest absolute Gasteiger partial charge is 0.270 e. The van der Waals surface area contributed by atoms with Crippen molar-refractivity contribution in [2.45, 2.75) is 0 Å². The van der Waals surface area contributed by atoms with Crippen LogP contribution in [-0.2, 0) is 7.05 Å². The van der Waals surface area contributed by atoms with Crippen molar-refractivity contribution in [3.05, 3.63) is 65.4 Å². The van der Waals surface area contributed by atoms with Gasteiger partial charge in [-0.3, -0.25) is 14.3 Å². The number of amides is 2. The van der Waals surface area contributed by atoms with Crippen molar-refractivity contribution >= 4 is 11.8 Å². The zero-order valence-electron chi connectivity index (χ0n) is 18.4. The quantitative estimate of drug-likeness (QED) is 0.583. The highest BCUT2D eigenvalue weighted by molar-refractivity contribution is 5.96. The number of nitrogens with one attached hydrogen (secondary N) is 2. The van der Waals surface area contributed by atoms with Crippen LogP contribution in [0.1, 0.15) is 26.4 Å². The molecule has 2 aromatic carbocycles. The second kappa shape index (κ2) is 10.2. The zero-order chi connectivity index (χ0) is 23.1. The highest BCUT2D eigenvalue weighted by Crippen LogP contribution is 2.32. The van der Waals surface area contributed by atoms with E-state index in [0.717, 1.165) is 0 Å². The van der Waals surface area contributed by atoms with Crippen LogP contribution in [0.2, 0.25) is 0 Å². The van der Waals surface area contributed by atoms with Crippen molar-refractivity contribution in [3.8, 4) is 34.6 Å². The van der Waals surface area contributed by atoms with Crippen molar-refractivity contribution in [3.63, 3.8) is 0 Å². The fourth-order valence-electron chi connectivity index (χ4n) is 3.10. The Hall–Kier alpha value is -4.25. The number of carbonyl (C=O) groups excluding carboxylic acids is 2. The van der Waals surface area contributed by atoms with Crippen molar-refractivity contribution in [1.29, 1.82) is 0 Å². The summed E-state index contributed by atoms with van der Waals surface area (Å²) in [5.41, 5.74) is 2.75. The van der Waals surface area contributed by atoms with E-state index in [1.807, 2.05) is 0 Å². The van der Waals surface area contributed by atoms with Crippen molar-refractivity contribution in [2.24, 2.45) is 7.05 Å². The average Bonchev–Trinajstić information content (AvgIpc) is 3.22. The summed E-state index contributed by atoms with van der Waals surface area (Å²) in [5.74, 6) is 6.56. The lowest BCUT2D eigenvalue weighted by Crippen LogP contribution is -2.25. The Morgan fingerprint density at radius 2 is 1.84 bits per heavy atom. The Bertz CT molecular complexity index is 1200. The van der Waals surface area contributed by atoms with E-state index in [1.165, 1.54) is 4.68 Å². The lowest BCUT2D eigenvalue weighted by atomic mass is 10.1. The minimum atomic E-state index is -0.318. The molecule has 0 aliphatic heterocycles. The Morgan fingerprint density at radius 1 is 1.06 bits per heavy atom. The van der Waals surface area contributed by atoms with Crippen LogP contribution >= 0.6 is 0 Å². The van der Waals surface area contributed by atoms with Gasteiger partial charge in [-0.25, -0.2) is 0 Å². The van der Waals surface area contributed by atoms with Crippen LogP contribution in [0.15, 0.2) is 48.5 Å². The number of aromatic nitrogens is 2. The molecule has 0 fully saturated rings. The average molecular weight is 432 g/mol. The maximum absolute atomic E-state index is 12.7. The molecule has 2 amide bonds. The van der Waals surface area contributed by atoms with Gasteiger partial charge in [-0.1, -0.05) is 24.0 Å². The predicted octanol–water partition coefficient (Wildman–Crippen LogP) is 2.25. The summed E-state index contributed by atoms with van der Waals surface area (Å²) in [4.78, 5) is 24.6. The predicted molar refractivity (Wildman–Crippen MR) is 121 cm³/mol. The second-order valence-electron chi connectivity index (χ2n) is 6.71. The highest BCUT2D eigenvalue weighted by atomic mass is 16.5. The van der Waals surface area contributed by atoms with Gasteiger partial charge in [0.2, 0.25) is 0 Å².